The lowest BCUT2D eigenvalue weighted by Gasteiger charge is -2.24. The molecule has 1 aromatic rings. The Hall–Kier alpha value is -0.770. The Kier molecular flexibility index (Phi) is 7.21. The lowest BCUT2D eigenvalue weighted by Crippen LogP contribution is -2.28. The number of benzene rings is 1. The van der Waals surface area contributed by atoms with E-state index in [1.165, 1.54) is 0 Å². The van der Waals surface area contributed by atoms with Gasteiger partial charge in [0.1, 0.15) is 5.75 Å². The molecule has 1 atom stereocenters. The van der Waals surface area contributed by atoms with Crippen LogP contribution in [0.15, 0.2) is 18.2 Å². The molecule has 1 unspecified atom stereocenters. The summed E-state index contributed by atoms with van der Waals surface area (Å²) in [6.07, 6.45) is 1.04. The zero-order valence-corrected chi connectivity index (χ0v) is 13.1. The largest absolute Gasteiger partial charge is 0.496 e. The highest BCUT2D eigenvalue weighted by Crippen LogP contribution is 2.30. The molecule has 19 heavy (non-hydrogen) atoms. The SMILES string of the molecule is CCN(CC)CCC(NC)c1cc(Cl)ccc1OC. The maximum atomic E-state index is 6.10. The van der Waals surface area contributed by atoms with Crippen LogP contribution in [-0.4, -0.2) is 38.7 Å². The molecular weight excluding hydrogens is 260 g/mol. The van der Waals surface area contributed by atoms with E-state index in [1.54, 1.807) is 7.11 Å². The summed E-state index contributed by atoms with van der Waals surface area (Å²) in [7, 11) is 3.68. The average Bonchev–Trinajstić information content (AvgIpc) is 2.44. The summed E-state index contributed by atoms with van der Waals surface area (Å²) in [5.41, 5.74) is 1.13. The molecule has 0 aliphatic rings. The second-order valence-electron chi connectivity index (χ2n) is 4.54. The van der Waals surface area contributed by atoms with E-state index in [4.69, 9.17) is 16.3 Å². The smallest absolute Gasteiger partial charge is 0.123 e. The number of halogens is 1. The van der Waals surface area contributed by atoms with Crippen molar-refractivity contribution in [2.75, 3.05) is 33.8 Å². The average molecular weight is 285 g/mol. The molecule has 0 saturated carbocycles. The van der Waals surface area contributed by atoms with Crippen LogP contribution in [0.2, 0.25) is 5.02 Å². The minimum atomic E-state index is 0.259. The number of methoxy groups -OCH3 is 1. The van der Waals surface area contributed by atoms with Gasteiger partial charge >= 0.3 is 0 Å². The number of nitrogens with one attached hydrogen (secondary N) is 1. The topological polar surface area (TPSA) is 24.5 Å². The summed E-state index contributed by atoms with van der Waals surface area (Å²) >= 11 is 6.10. The highest BCUT2D eigenvalue weighted by molar-refractivity contribution is 6.30. The maximum Gasteiger partial charge on any atom is 0.123 e. The van der Waals surface area contributed by atoms with Gasteiger partial charge in [-0.25, -0.2) is 0 Å². The Labute approximate surface area is 121 Å². The van der Waals surface area contributed by atoms with Gasteiger partial charge in [-0.05, 0) is 51.3 Å². The van der Waals surface area contributed by atoms with Crippen molar-refractivity contribution in [2.45, 2.75) is 26.3 Å². The number of hydrogen-bond acceptors (Lipinski definition) is 3. The van der Waals surface area contributed by atoms with Gasteiger partial charge in [-0.3, -0.25) is 0 Å². The minimum absolute atomic E-state index is 0.259. The van der Waals surface area contributed by atoms with Crippen LogP contribution in [-0.2, 0) is 0 Å². The minimum Gasteiger partial charge on any atom is -0.496 e. The Morgan fingerprint density at radius 2 is 2.00 bits per heavy atom. The van der Waals surface area contributed by atoms with Crippen molar-refractivity contribution < 1.29 is 4.74 Å². The Morgan fingerprint density at radius 1 is 1.32 bits per heavy atom. The lowest BCUT2D eigenvalue weighted by atomic mass is 10.0. The van der Waals surface area contributed by atoms with Gasteiger partial charge in [-0.1, -0.05) is 25.4 Å². The highest BCUT2D eigenvalue weighted by atomic mass is 35.5. The maximum absolute atomic E-state index is 6.10. The Balaban J connectivity index is 2.81. The van der Waals surface area contributed by atoms with Crippen molar-refractivity contribution in [3.05, 3.63) is 28.8 Å². The molecule has 0 fully saturated rings. The quantitative estimate of drug-likeness (QED) is 0.792. The lowest BCUT2D eigenvalue weighted by molar-refractivity contribution is 0.282. The zero-order chi connectivity index (χ0) is 14.3. The molecule has 0 saturated heterocycles. The summed E-state index contributed by atoms with van der Waals surface area (Å²) in [6, 6.07) is 6.04. The van der Waals surface area contributed by atoms with Crippen LogP contribution in [0, 0.1) is 0 Å². The van der Waals surface area contributed by atoms with E-state index in [2.05, 4.69) is 24.1 Å². The van der Waals surface area contributed by atoms with Gasteiger partial charge in [-0.2, -0.15) is 0 Å². The van der Waals surface area contributed by atoms with Crippen LogP contribution < -0.4 is 10.1 Å². The molecule has 108 valence electrons. The zero-order valence-electron chi connectivity index (χ0n) is 12.4. The predicted octanol–water partition coefficient (Wildman–Crippen LogP) is 3.34. The third kappa shape index (κ3) is 4.68. The van der Waals surface area contributed by atoms with Crippen LogP contribution in [0.1, 0.15) is 31.9 Å². The standard InChI is InChI=1S/C15H25ClN2O/c1-5-18(6-2)10-9-14(17-3)13-11-12(16)7-8-15(13)19-4/h7-8,11,14,17H,5-6,9-10H2,1-4H3. The molecule has 0 heterocycles. The van der Waals surface area contributed by atoms with E-state index in [0.29, 0.717) is 0 Å². The molecule has 1 N–H and O–H groups in total. The van der Waals surface area contributed by atoms with E-state index in [9.17, 15) is 0 Å². The van der Waals surface area contributed by atoms with Crippen LogP contribution in [0.3, 0.4) is 0 Å². The van der Waals surface area contributed by atoms with E-state index in [1.807, 2.05) is 25.2 Å². The predicted molar refractivity (Wildman–Crippen MR) is 82.2 cm³/mol. The fourth-order valence-corrected chi connectivity index (χ4v) is 2.46. The summed E-state index contributed by atoms with van der Waals surface area (Å²) in [6.45, 7) is 7.61. The monoisotopic (exact) mass is 284 g/mol. The molecule has 4 heteroatoms. The van der Waals surface area contributed by atoms with Crippen molar-refractivity contribution >= 4 is 11.6 Å². The van der Waals surface area contributed by atoms with Crippen LogP contribution in [0.5, 0.6) is 5.75 Å². The number of ether oxygens (including phenoxy) is 1. The molecule has 0 amide bonds. The highest BCUT2D eigenvalue weighted by Gasteiger charge is 2.15. The second-order valence-corrected chi connectivity index (χ2v) is 4.98. The van der Waals surface area contributed by atoms with Gasteiger partial charge in [0, 0.05) is 16.6 Å². The van der Waals surface area contributed by atoms with Crippen molar-refractivity contribution in [3.63, 3.8) is 0 Å². The Bertz CT molecular complexity index is 380. The van der Waals surface area contributed by atoms with Gasteiger partial charge in [0.05, 0.1) is 7.11 Å². The molecule has 0 spiro atoms. The first-order chi connectivity index (χ1) is 9.15. The van der Waals surface area contributed by atoms with Crippen LogP contribution in [0.25, 0.3) is 0 Å². The third-order valence-corrected chi connectivity index (χ3v) is 3.78. The van der Waals surface area contributed by atoms with Gasteiger partial charge < -0.3 is 15.0 Å². The molecular formula is C15H25ClN2O. The second kappa shape index (κ2) is 8.41. The van der Waals surface area contributed by atoms with Gasteiger partial charge in [0.2, 0.25) is 0 Å². The van der Waals surface area contributed by atoms with E-state index in [-0.39, 0.29) is 6.04 Å². The van der Waals surface area contributed by atoms with Crippen molar-refractivity contribution in [1.82, 2.24) is 10.2 Å². The van der Waals surface area contributed by atoms with Gasteiger partial charge in [0.15, 0.2) is 0 Å². The van der Waals surface area contributed by atoms with Crippen molar-refractivity contribution in [1.29, 1.82) is 0 Å². The van der Waals surface area contributed by atoms with Crippen molar-refractivity contribution in [2.24, 2.45) is 0 Å². The Morgan fingerprint density at radius 3 is 2.53 bits per heavy atom. The molecule has 0 aromatic heterocycles. The van der Waals surface area contributed by atoms with E-state index in [0.717, 1.165) is 42.4 Å². The van der Waals surface area contributed by atoms with Crippen molar-refractivity contribution in [3.8, 4) is 5.75 Å². The normalized spacial score (nSPS) is 12.7. The molecule has 0 bridgehead atoms. The summed E-state index contributed by atoms with van der Waals surface area (Å²) in [5, 5.41) is 4.11. The summed E-state index contributed by atoms with van der Waals surface area (Å²) in [4.78, 5) is 2.42. The van der Waals surface area contributed by atoms with E-state index >= 15 is 0 Å². The first-order valence-electron chi connectivity index (χ1n) is 6.89. The van der Waals surface area contributed by atoms with E-state index < -0.39 is 0 Å². The molecule has 1 rings (SSSR count). The number of hydrogen-bond donors (Lipinski definition) is 1. The van der Waals surface area contributed by atoms with Crippen LogP contribution >= 0.6 is 11.6 Å². The third-order valence-electron chi connectivity index (χ3n) is 3.54. The molecule has 3 nitrogen and oxygen atoms in total. The molecule has 0 aliphatic carbocycles. The fraction of sp³-hybridized carbons (Fsp3) is 0.600. The van der Waals surface area contributed by atoms with Crippen LogP contribution in [0.4, 0.5) is 0 Å². The van der Waals surface area contributed by atoms with Gasteiger partial charge in [0.25, 0.3) is 0 Å². The molecule has 0 radical (unpaired) electrons. The number of nitrogens with zero attached hydrogens (tertiary/aromatic N) is 1. The summed E-state index contributed by atoms with van der Waals surface area (Å²) < 4.78 is 5.43. The first kappa shape index (κ1) is 16.3. The van der Waals surface area contributed by atoms with Gasteiger partial charge in [-0.15, -0.1) is 0 Å². The first-order valence-corrected chi connectivity index (χ1v) is 7.27. The fourth-order valence-electron chi connectivity index (χ4n) is 2.28. The molecule has 0 aliphatic heterocycles. The molecule has 1 aromatic carbocycles. The number of rotatable bonds is 8. The summed E-state index contributed by atoms with van der Waals surface area (Å²) in [5.74, 6) is 0.892.